The lowest BCUT2D eigenvalue weighted by atomic mass is 10.1. The smallest absolute Gasteiger partial charge is 0.416 e. The van der Waals surface area contributed by atoms with Crippen molar-refractivity contribution in [2.45, 2.75) is 12.7 Å². The van der Waals surface area contributed by atoms with Crippen LogP contribution in [0.15, 0.2) is 60.8 Å². The first-order valence-corrected chi connectivity index (χ1v) is 8.49. The van der Waals surface area contributed by atoms with Crippen molar-refractivity contribution >= 4 is 5.82 Å². The number of aromatic nitrogens is 1. The van der Waals surface area contributed by atoms with Crippen molar-refractivity contribution in [2.24, 2.45) is 0 Å². The van der Waals surface area contributed by atoms with Gasteiger partial charge in [0.15, 0.2) is 11.5 Å². The van der Waals surface area contributed by atoms with E-state index in [0.717, 1.165) is 28.8 Å². The van der Waals surface area contributed by atoms with Crippen LogP contribution in [-0.4, -0.2) is 19.2 Å². The van der Waals surface area contributed by atoms with Crippen LogP contribution < -0.4 is 14.8 Å². The van der Waals surface area contributed by atoms with Crippen LogP contribution in [0.1, 0.15) is 11.1 Å². The number of pyridine rings is 1. The van der Waals surface area contributed by atoms with Crippen LogP contribution >= 0.6 is 0 Å². The average Bonchev–Trinajstić information content (AvgIpc) is 2.71. The van der Waals surface area contributed by atoms with Crippen LogP contribution in [0.3, 0.4) is 0 Å². The summed E-state index contributed by atoms with van der Waals surface area (Å²) in [7, 11) is 3.15. The van der Waals surface area contributed by atoms with Crippen LogP contribution in [0, 0.1) is 0 Å². The number of ether oxygens (including phenoxy) is 2. The number of hydrogen-bond donors (Lipinski definition) is 1. The maximum absolute atomic E-state index is 12.6. The van der Waals surface area contributed by atoms with Gasteiger partial charge in [-0.25, -0.2) is 4.98 Å². The van der Waals surface area contributed by atoms with E-state index < -0.39 is 11.7 Å². The molecule has 1 aromatic heterocycles. The third kappa shape index (κ3) is 4.54. The zero-order valence-electron chi connectivity index (χ0n) is 15.4. The molecule has 2 aromatic carbocycles. The van der Waals surface area contributed by atoms with Gasteiger partial charge in [-0.05, 0) is 53.1 Å². The Bertz CT molecular complexity index is 941. The second-order valence-corrected chi connectivity index (χ2v) is 6.05. The molecule has 0 unspecified atom stereocenters. The van der Waals surface area contributed by atoms with Gasteiger partial charge >= 0.3 is 6.18 Å². The second kappa shape index (κ2) is 8.21. The molecule has 0 radical (unpaired) electrons. The lowest BCUT2D eigenvalue weighted by Gasteiger charge is -2.11. The number of methoxy groups -OCH3 is 2. The molecule has 0 aliphatic carbocycles. The van der Waals surface area contributed by atoms with Crippen LogP contribution in [-0.2, 0) is 12.7 Å². The number of halogens is 3. The molecule has 0 atom stereocenters. The molecule has 3 rings (SSSR count). The van der Waals surface area contributed by atoms with E-state index in [0.29, 0.717) is 23.9 Å². The van der Waals surface area contributed by atoms with E-state index >= 15 is 0 Å². The number of alkyl halides is 3. The number of anilines is 1. The molecular weight excluding hydrogens is 369 g/mol. The van der Waals surface area contributed by atoms with E-state index in [1.807, 2.05) is 30.3 Å². The summed E-state index contributed by atoms with van der Waals surface area (Å²) in [5.41, 5.74) is 1.92. The summed E-state index contributed by atoms with van der Waals surface area (Å²) in [4.78, 5) is 4.27. The third-order valence-electron chi connectivity index (χ3n) is 4.23. The molecule has 3 aromatic rings. The predicted molar refractivity (Wildman–Crippen MR) is 102 cm³/mol. The SMILES string of the molecule is COc1ccc(-c2ccnc(NCc3ccc(C(F)(F)F)cc3)c2)cc1OC. The number of hydrogen-bond acceptors (Lipinski definition) is 4. The molecule has 28 heavy (non-hydrogen) atoms. The first-order valence-electron chi connectivity index (χ1n) is 8.49. The first-order chi connectivity index (χ1) is 13.4. The molecule has 0 amide bonds. The third-order valence-corrected chi connectivity index (χ3v) is 4.23. The van der Waals surface area contributed by atoms with Crippen molar-refractivity contribution in [1.29, 1.82) is 0 Å². The van der Waals surface area contributed by atoms with Crippen molar-refractivity contribution in [3.63, 3.8) is 0 Å². The number of nitrogens with one attached hydrogen (secondary N) is 1. The highest BCUT2D eigenvalue weighted by atomic mass is 19.4. The van der Waals surface area contributed by atoms with E-state index in [1.165, 1.54) is 12.1 Å². The number of benzene rings is 2. The van der Waals surface area contributed by atoms with E-state index in [-0.39, 0.29) is 0 Å². The zero-order valence-corrected chi connectivity index (χ0v) is 15.4. The molecule has 146 valence electrons. The minimum atomic E-state index is -4.33. The fraction of sp³-hybridized carbons (Fsp3) is 0.190. The minimum absolute atomic E-state index is 0.362. The second-order valence-electron chi connectivity index (χ2n) is 6.05. The number of rotatable bonds is 6. The Kier molecular flexibility index (Phi) is 5.73. The maximum atomic E-state index is 12.6. The summed E-state index contributed by atoms with van der Waals surface area (Å²) in [6.45, 7) is 0.362. The van der Waals surface area contributed by atoms with E-state index in [1.54, 1.807) is 20.4 Å². The summed E-state index contributed by atoms with van der Waals surface area (Å²) in [6, 6.07) is 14.4. The molecule has 1 heterocycles. The van der Waals surface area contributed by atoms with Gasteiger partial charge in [-0.15, -0.1) is 0 Å². The van der Waals surface area contributed by atoms with Gasteiger partial charge in [-0.3, -0.25) is 0 Å². The van der Waals surface area contributed by atoms with Crippen LogP contribution in [0.4, 0.5) is 19.0 Å². The lowest BCUT2D eigenvalue weighted by Crippen LogP contribution is -2.06. The molecule has 0 aliphatic rings. The predicted octanol–water partition coefficient (Wildman–Crippen LogP) is 5.40. The molecule has 7 heteroatoms. The van der Waals surface area contributed by atoms with Gasteiger partial charge in [-0.1, -0.05) is 18.2 Å². The molecule has 0 aliphatic heterocycles. The Balaban J connectivity index is 1.73. The summed E-state index contributed by atoms with van der Waals surface area (Å²) < 4.78 is 48.5. The summed E-state index contributed by atoms with van der Waals surface area (Å²) >= 11 is 0. The summed E-state index contributed by atoms with van der Waals surface area (Å²) in [6.07, 6.45) is -2.66. The monoisotopic (exact) mass is 388 g/mol. The van der Waals surface area contributed by atoms with Gasteiger partial charge < -0.3 is 14.8 Å². The van der Waals surface area contributed by atoms with E-state index in [4.69, 9.17) is 9.47 Å². The normalized spacial score (nSPS) is 11.2. The van der Waals surface area contributed by atoms with Gasteiger partial charge in [0.1, 0.15) is 5.82 Å². The Hall–Kier alpha value is -3.22. The molecule has 0 saturated carbocycles. The first kappa shape index (κ1) is 19.5. The highest BCUT2D eigenvalue weighted by Crippen LogP contribution is 2.33. The van der Waals surface area contributed by atoms with Gasteiger partial charge in [0.05, 0.1) is 19.8 Å². The molecular formula is C21H19F3N2O2. The quantitative estimate of drug-likeness (QED) is 0.614. The summed E-state index contributed by atoms with van der Waals surface area (Å²) in [5, 5.41) is 3.13. The zero-order chi connectivity index (χ0) is 20.1. The molecule has 4 nitrogen and oxygen atoms in total. The minimum Gasteiger partial charge on any atom is -0.493 e. The lowest BCUT2D eigenvalue weighted by molar-refractivity contribution is -0.137. The standard InChI is InChI=1S/C21H19F3N2O2/c1-27-18-8-5-15(11-19(18)28-2)16-9-10-25-20(12-16)26-13-14-3-6-17(7-4-14)21(22,23)24/h3-12H,13H2,1-2H3,(H,25,26). The van der Waals surface area contributed by atoms with E-state index in [9.17, 15) is 13.2 Å². The Morgan fingerprint density at radius 1 is 0.857 bits per heavy atom. The summed E-state index contributed by atoms with van der Waals surface area (Å²) in [5.74, 6) is 1.88. The van der Waals surface area contributed by atoms with Crippen molar-refractivity contribution < 1.29 is 22.6 Å². The highest BCUT2D eigenvalue weighted by Gasteiger charge is 2.29. The Morgan fingerprint density at radius 3 is 2.18 bits per heavy atom. The van der Waals surface area contributed by atoms with Gasteiger partial charge in [0.2, 0.25) is 0 Å². The Morgan fingerprint density at radius 2 is 1.54 bits per heavy atom. The van der Waals surface area contributed by atoms with Gasteiger partial charge in [-0.2, -0.15) is 13.2 Å². The van der Waals surface area contributed by atoms with E-state index in [2.05, 4.69) is 10.3 Å². The van der Waals surface area contributed by atoms with Gasteiger partial charge in [0.25, 0.3) is 0 Å². The van der Waals surface area contributed by atoms with Crippen LogP contribution in [0.2, 0.25) is 0 Å². The van der Waals surface area contributed by atoms with Crippen molar-refractivity contribution in [2.75, 3.05) is 19.5 Å². The average molecular weight is 388 g/mol. The fourth-order valence-electron chi connectivity index (χ4n) is 2.73. The number of nitrogens with zero attached hydrogens (tertiary/aromatic N) is 1. The largest absolute Gasteiger partial charge is 0.493 e. The molecule has 0 saturated heterocycles. The molecule has 0 bridgehead atoms. The van der Waals surface area contributed by atoms with Crippen molar-refractivity contribution in [1.82, 2.24) is 4.98 Å². The maximum Gasteiger partial charge on any atom is 0.416 e. The fourth-order valence-corrected chi connectivity index (χ4v) is 2.73. The highest BCUT2D eigenvalue weighted by molar-refractivity contribution is 5.69. The van der Waals surface area contributed by atoms with Crippen LogP contribution in [0.25, 0.3) is 11.1 Å². The van der Waals surface area contributed by atoms with Crippen molar-refractivity contribution in [3.05, 3.63) is 71.9 Å². The molecule has 0 fully saturated rings. The molecule has 0 spiro atoms. The van der Waals surface area contributed by atoms with Crippen molar-refractivity contribution in [3.8, 4) is 22.6 Å². The van der Waals surface area contributed by atoms with Crippen LogP contribution in [0.5, 0.6) is 11.5 Å². The molecule has 1 N–H and O–H groups in total. The Labute approximate surface area is 160 Å². The van der Waals surface area contributed by atoms with Gasteiger partial charge in [0, 0.05) is 12.7 Å². The topological polar surface area (TPSA) is 43.4 Å².